The Morgan fingerprint density at radius 2 is 1.81 bits per heavy atom. The predicted molar refractivity (Wildman–Crippen MR) is 108 cm³/mol. The number of nitrogens with one attached hydrogen (secondary N) is 2. The summed E-state index contributed by atoms with van der Waals surface area (Å²) >= 11 is 0. The van der Waals surface area contributed by atoms with Gasteiger partial charge in [0.25, 0.3) is 0 Å². The molecule has 2 aromatic rings. The molecule has 6 nitrogen and oxygen atoms in total. The van der Waals surface area contributed by atoms with Crippen LogP contribution in [-0.2, 0) is 21.4 Å². The monoisotopic (exact) mass is 387 g/mol. The summed E-state index contributed by atoms with van der Waals surface area (Å²) in [5, 5.41) is 2.92. The maximum Gasteiger partial charge on any atom is 0.244 e. The van der Waals surface area contributed by atoms with E-state index in [1.165, 1.54) is 11.1 Å². The van der Waals surface area contributed by atoms with Crippen LogP contribution in [0.15, 0.2) is 48.5 Å². The lowest BCUT2D eigenvalue weighted by atomic mass is 9.85. The van der Waals surface area contributed by atoms with E-state index in [1.54, 1.807) is 24.3 Å². The zero-order valence-corrected chi connectivity index (χ0v) is 16.6. The van der Waals surface area contributed by atoms with E-state index in [4.69, 9.17) is 0 Å². The summed E-state index contributed by atoms with van der Waals surface area (Å²) in [4.78, 5) is 15.0. The minimum Gasteiger partial charge on any atom is -0.324 e. The maximum absolute atomic E-state index is 12.9. The molecule has 1 fully saturated rings. The Balaban J connectivity index is 1.68. The third-order valence-electron chi connectivity index (χ3n) is 4.97. The third-order valence-corrected chi connectivity index (χ3v) is 5.58. The molecule has 1 saturated heterocycles. The first-order chi connectivity index (χ1) is 12.7. The highest BCUT2D eigenvalue weighted by Crippen LogP contribution is 2.33. The van der Waals surface area contributed by atoms with Gasteiger partial charge in [-0.2, -0.15) is 0 Å². The fourth-order valence-electron chi connectivity index (χ4n) is 3.17. The number of amides is 1. The first-order valence-electron chi connectivity index (χ1n) is 8.86. The first kappa shape index (κ1) is 19.4. The van der Waals surface area contributed by atoms with Crippen molar-refractivity contribution in [3.8, 4) is 0 Å². The van der Waals surface area contributed by atoms with Gasteiger partial charge in [0.2, 0.25) is 15.9 Å². The summed E-state index contributed by atoms with van der Waals surface area (Å²) in [6.07, 6.45) is 1.88. The van der Waals surface area contributed by atoms with Crippen molar-refractivity contribution in [3.05, 3.63) is 59.7 Å². The lowest BCUT2D eigenvalue weighted by Gasteiger charge is -2.49. The summed E-state index contributed by atoms with van der Waals surface area (Å²) in [6.45, 7) is 5.59. The smallest absolute Gasteiger partial charge is 0.244 e. The van der Waals surface area contributed by atoms with E-state index in [1.807, 2.05) is 6.92 Å². The number of hydrogen-bond donors (Lipinski definition) is 2. The summed E-state index contributed by atoms with van der Waals surface area (Å²) in [5.41, 5.74) is 2.80. The Kier molecular flexibility index (Phi) is 5.26. The van der Waals surface area contributed by atoms with Gasteiger partial charge in [0.1, 0.15) is 0 Å². The van der Waals surface area contributed by atoms with Gasteiger partial charge in [0.15, 0.2) is 0 Å². The molecule has 2 N–H and O–H groups in total. The zero-order valence-electron chi connectivity index (χ0n) is 15.8. The highest BCUT2D eigenvalue weighted by atomic mass is 32.2. The van der Waals surface area contributed by atoms with Crippen molar-refractivity contribution < 1.29 is 13.2 Å². The molecule has 0 aromatic heterocycles. The second-order valence-electron chi connectivity index (χ2n) is 7.34. The lowest BCUT2D eigenvalue weighted by molar-refractivity contribution is -0.136. The molecule has 144 valence electrons. The minimum absolute atomic E-state index is 0.0858. The van der Waals surface area contributed by atoms with Gasteiger partial charge in [-0.3, -0.25) is 14.4 Å². The van der Waals surface area contributed by atoms with Crippen LogP contribution in [0.4, 0.5) is 11.4 Å². The van der Waals surface area contributed by atoms with Gasteiger partial charge in [-0.1, -0.05) is 35.9 Å². The van der Waals surface area contributed by atoms with E-state index >= 15 is 0 Å². The number of carbonyl (C=O) groups excluding carboxylic acids is 1. The SMILES string of the molecule is Cc1ccc(CN2CCC2(C)C(=O)Nc2cccc(NS(C)(=O)=O)c2)cc1. The largest absolute Gasteiger partial charge is 0.324 e. The lowest BCUT2D eigenvalue weighted by Crippen LogP contribution is -2.63. The number of aryl methyl sites for hydroxylation is 1. The Morgan fingerprint density at radius 1 is 1.15 bits per heavy atom. The third kappa shape index (κ3) is 4.67. The van der Waals surface area contributed by atoms with E-state index in [2.05, 4.69) is 46.1 Å². The average molecular weight is 388 g/mol. The molecule has 7 heteroatoms. The van der Waals surface area contributed by atoms with Gasteiger partial charge in [-0.25, -0.2) is 8.42 Å². The van der Waals surface area contributed by atoms with Crippen molar-refractivity contribution in [3.63, 3.8) is 0 Å². The molecule has 1 atom stereocenters. The Bertz CT molecular complexity index is 941. The normalized spacial score (nSPS) is 20.0. The molecule has 1 amide bonds. The number of likely N-dealkylation sites (tertiary alicyclic amines) is 1. The molecule has 1 heterocycles. The van der Waals surface area contributed by atoms with Crippen LogP contribution in [0.1, 0.15) is 24.5 Å². The summed E-state index contributed by atoms with van der Waals surface area (Å²) in [5.74, 6) is -0.0858. The number of sulfonamides is 1. The molecule has 1 unspecified atom stereocenters. The van der Waals surface area contributed by atoms with Crippen LogP contribution in [0, 0.1) is 6.92 Å². The summed E-state index contributed by atoms with van der Waals surface area (Å²) < 4.78 is 25.2. The van der Waals surface area contributed by atoms with E-state index in [9.17, 15) is 13.2 Å². The van der Waals surface area contributed by atoms with Crippen molar-refractivity contribution in [2.45, 2.75) is 32.4 Å². The van der Waals surface area contributed by atoms with Crippen molar-refractivity contribution in [1.82, 2.24) is 4.90 Å². The second kappa shape index (κ2) is 7.32. The molecular formula is C20H25N3O3S. The molecule has 1 aliphatic heterocycles. The number of benzene rings is 2. The predicted octanol–water partition coefficient (Wildman–Crippen LogP) is 2.97. The zero-order chi connectivity index (χ0) is 19.7. The molecule has 2 aromatic carbocycles. The highest BCUT2D eigenvalue weighted by molar-refractivity contribution is 7.92. The van der Waals surface area contributed by atoms with Crippen LogP contribution in [-0.4, -0.2) is 37.6 Å². The molecule has 27 heavy (non-hydrogen) atoms. The second-order valence-corrected chi connectivity index (χ2v) is 9.09. The molecule has 0 bridgehead atoms. The fourth-order valence-corrected chi connectivity index (χ4v) is 3.73. The molecule has 0 radical (unpaired) electrons. The molecular weight excluding hydrogens is 362 g/mol. The maximum atomic E-state index is 12.9. The fraction of sp³-hybridized carbons (Fsp3) is 0.350. The number of anilines is 2. The topological polar surface area (TPSA) is 78.5 Å². The van der Waals surface area contributed by atoms with Crippen molar-refractivity contribution in [2.24, 2.45) is 0 Å². The van der Waals surface area contributed by atoms with Gasteiger partial charge in [0.05, 0.1) is 17.5 Å². The summed E-state index contributed by atoms with van der Waals surface area (Å²) in [7, 11) is -3.36. The molecule has 3 rings (SSSR count). The van der Waals surface area contributed by atoms with E-state index in [0.717, 1.165) is 25.8 Å². The molecule has 0 saturated carbocycles. The molecule has 0 aliphatic carbocycles. The first-order valence-corrected chi connectivity index (χ1v) is 10.7. The van der Waals surface area contributed by atoms with Crippen molar-refractivity contribution >= 4 is 27.3 Å². The highest BCUT2D eigenvalue weighted by Gasteiger charge is 2.46. The van der Waals surface area contributed by atoms with Crippen molar-refractivity contribution in [2.75, 3.05) is 22.8 Å². The van der Waals surface area contributed by atoms with Gasteiger partial charge < -0.3 is 5.32 Å². The number of carbonyl (C=O) groups is 1. The van der Waals surface area contributed by atoms with Crippen LogP contribution in [0.3, 0.4) is 0 Å². The Hall–Kier alpha value is -2.38. The van der Waals surface area contributed by atoms with Gasteiger partial charge in [-0.05, 0) is 44.0 Å². The number of rotatable bonds is 6. The van der Waals surface area contributed by atoms with E-state index in [0.29, 0.717) is 11.4 Å². The quantitative estimate of drug-likeness (QED) is 0.799. The Morgan fingerprint density at radius 3 is 2.41 bits per heavy atom. The van der Waals surface area contributed by atoms with E-state index in [-0.39, 0.29) is 5.91 Å². The van der Waals surface area contributed by atoms with E-state index < -0.39 is 15.6 Å². The molecule has 1 aliphatic rings. The van der Waals surface area contributed by atoms with Crippen LogP contribution >= 0.6 is 0 Å². The van der Waals surface area contributed by atoms with Gasteiger partial charge >= 0.3 is 0 Å². The van der Waals surface area contributed by atoms with Crippen molar-refractivity contribution in [1.29, 1.82) is 0 Å². The van der Waals surface area contributed by atoms with Crippen LogP contribution in [0.2, 0.25) is 0 Å². The number of hydrogen-bond acceptors (Lipinski definition) is 4. The average Bonchev–Trinajstić information content (AvgIpc) is 2.58. The molecule has 0 spiro atoms. The van der Waals surface area contributed by atoms with Crippen LogP contribution in [0.25, 0.3) is 0 Å². The van der Waals surface area contributed by atoms with Gasteiger partial charge in [-0.15, -0.1) is 0 Å². The van der Waals surface area contributed by atoms with Crippen LogP contribution in [0.5, 0.6) is 0 Å². The minimum atomic E-state index is -3.36. The standard InChI is InChI=1S/C20H25N3O3S/c1-15-7-9-16(10-8-15)14-23-12-11-20(23,2)19(24)21-17-5-4-6-18(13-17)22-27(3,25)26/h4-10,13,22H,11-12,14H2,1-3H3,(H,21,24). The number of nitrogens with zero attached hydrogens (tertiary/aromatic N) is 1. The van der Waals surface area contributed by atoms with Crippen LogP contribution < -0.4 is 10.0 Å². The Labute approximate surface area is 160 Å². The summed E-state index contributed by atoms with van der Waals surface area (Å²) in [6, 6.07) is 15.0. The van der Waals surface area contributed by atoms with Gasteiger partial charge in [0, 0.05) is 18.8 Å².